The van der Waals surface area contributed by atoms with Gasteiger partial charge in [-0.1, -0.05) is 0 Å². The van der Waals surface area contributed by atoms with Gasteiger partial charge in [0.1, 0.15) is 0 Å². The predicted octanol–water partition coefficient (Wildman–Crippen LogP) is 1.97. The van der Waals surface area contributed by atoms with Crippen LogP contribution in [0.4, 0.5) is 18.9 Å². The molecule has 0 fully saturated rings. The molecule has 1 aromatic carbocycles. The number of benzene rings is 1. The summed E-state index contributed by atoms with van der Waals surface area (Å²) in [5, 5.41) is 21.8. The smallest absolute Gasteiger partial charge is 0.358 e. The maximum Gasteiger partial charge on any atom is 0.416 e. The molecule has 0 radical (unpaired) electrons. The molecular weight excluding hydrogens is 279 g/mol. The molecule has 20 heavy (non-hydrogen) atoms. The van der Waals surface area contributed by atoms with Crippen molar-refractivity contribution < 1.29 is 22.9 Å². The average molecular weight is 287 g/mol. The molecule has 1 aromatic rings. The van der Waals surface area contributed by atoms with Crippen molar-refractivity contribution in [1.29, 1.82) is 5.26 Å². The Morgan fingerprint density at radius 2 is 2.10 bits per heavy atom. The maximum absolute atomic E-state index is 12.5. The molecule has 1 N–H and O–H groups in total. The van der Waals surface area contributed by atoms with E-state index in [-0.39, 0.29) is 5.56 Å². The summed E-state index contributed by atoms with van der Waals surface area (Å²) in [5.41, 5.74) is -2.53. The maximum atomic E-state index is 12.5. The zero-order valence-electron chi connectivity index (χ0n) is 10.1. The number of amides is 1. The lowest BCUT2D eigenvalue weighted by Gasteiger charge is -2.11. The SMILES string of the molecule is CNC(=O)C(C#N)c1ccc(C(F)(F)F)cc1[N+](=O)[O-]. The van der Waals surface area contributed by atoms with E-state index in [1.807, 2.05) is 0 Å². The summed E-state index contributed by atoms with van der Waals surface area (Å²) in [6.45, 7) is 0. The number of carbonyl (C=O) groups excluding carboxylic acids is 1. The third-order valence-electron chi connectivity index (χ3n) is 2.50. The third-order valence-corrected chi connectivity index (χ3v) is 2.50. The Balaban J connectivity index is 3.45. The first-order valence-corrected chi connectivity index (χ1v) is 5.19. The monoisotopic (exact) mass is 287 g/mol. The second kappa shape index (κ2) is 5.56. The van der Waals surface area contributed by atoms with Gasteiger partial charge in [0.25, 0.3) is 5.69 Å². The molecule has 0 heterocycles. The molecule has 0 saturated carbocycles. The number of nitrogens with zero attached hydrogens (tertiary/aromatic N) is 2. The fourth-order valence-electron chi connectivity index (χ4n) is 1.54. The average Bonchev–Trinajstić information content (AvgIpc) is 2.38. The minimum atomic E-state index is -4.75. The van der Waals surface area contributed by atoms with E-state index >= 15 is 0 Å². The fraction of sp³-hybridized carbons (Fsp3) is 0.273. The molecule has 9 heteroatoms. The van der Waals surface area contributed by atoms with Crippen molar-refractivity contribution in [3.05, 3.63) is 39.4 Å². The quantitative estimate of drug-likeness (QED) is 0.679. The number of nitrogens with one attached hydrogen (secondary N) is 1. The molecule has 1 atom stereocenters. The number of hydrogen-bond acceptors (Lipinski definition) is 4. The summed E-state index contributed by atoms with van der Waals surface area (Å²) < 4.78 is 37.5. The largest absolute Gasteiger partial charge is 0.416 e. The summed E-state index contributed by atoms with van der Waals surface area (Å²) >= 11 is 0. The van der Waals surface area contributed by atoms with E-state index in [2.05, 4.69) is 5.32 Å². The fourth-order valence-corrected chi connectivity index (χ4v) is 1.54. The van der Waals surface area contributed by atoms with Crippen molar-refractivity contribution in [2.75, 3.05) is 7.05 Å². The van der Waals surface area contributed by atoms with Crippen LogP contribution in [0.1, 0.15) is 17.0 Å². The molecule has 0 bridgehead atoms. The predicted molar refractivity (Wildman–Crippen MR) is 60.5 cm³/mol. The second-order valence-electron chi connectivity index (χ2n) is 3.70. The highest BCUT2D eigenvalue weighted by Gasteiger charge is 2.35. The summed E-state index contributed by atoms with van der Waals surface area (Å²) in [5.74, 6) is -2.39. The van der Waals surface area contributed by atoms with E-state index in [0.29, 0.717) is 12.1 Å². The molecule has 1 rings (SSSR count). The van der Waals surface area contributed by atoms with Crippen LogP contribution in [0.15, 0.2) is 18.2 Å². The van der Waals surface area contributed by atoms with Gasteiger partial charge >= 0.3 is 6.18 Å². The molecule has 6 nitrogen and oxygen atoms in total. The molecule has 0 spiro atoms. The highest BCUT2D eigenvalue weighted by Crippen LogP contribution is 2.35. The van der Waals surface area contributed by atoms with E-state index in [9.17, 15) is 28.1 Å². The Bertz CT molecular complexity index is 593. The number of nitro groups is 1. The Labute approximate surface area is 111 Å². The van der Waals surface area contributed by atoms with Crippen molar-refractivity contribution in [2.24, 2.45) is 0 Å². The zero-order valence-corrected chi connectivity index (χ0v) is 10.1. The molecule has 0 aromatic heterocycles. The summed E-state index contributed by atoms with van der Waals surface area (Å²) in [4.78, 5) is 21.2. The number of carbonyl (C=O) groups is 1. The summed E-state index contributed by atoms with van der Waals surface area (Å²) in [6.07, 6.45) is -4.75. The van der Waals surface area contributed by atoms with Crippen LogP contribution in [0.3, 0.4) is 0 Å². The number of nitriles is 1. The van der Waals surface area contributed by atoms with Gasteiger partial charge in [-0.25, -0.2) is 0 Å². The molecule has 0 aliphatic heterocycles. The first-order valence-electron chi connectivity index (χ1n) is 5.19. The summed E-state index contributed by atoms with van der Waals surface area (Å²) in [6, 6.07) is 3.19. The number of likely N-dealkylation sites (N-methyl/N-ethyl adjacent to an activating group) is 1. The zero-order chi connectivity index (χ0) is 15.5. The van der Waals surface area contributed by atoms with Crippen LogP contribution >= 0.6 is 0 Å². The van der Waals surface area contributed by atoms with Crippen molar-refractivity contribution in [2.45, 2.75) is 12.1 Å². The number of nitro benzene ring substituents is 1. The van der Waals surface area contributed by atoms with Gasteiger partial charge < -0.3 is 5.32 Å². The lowest BCUT2D eigenvalue weighted by molar-refractivity contribution is -0.385. The lowest BCUT2D eigenvalue weighted by Crippen LogP contribution is -2.25. The van der Waals surface area contributed by atoms with Crippen LogP contribution in [0.25, 0.3) is 0 Å². The number of rotatable bonds is 3. The molecule has 0 aliphatic rings. The van der Waals surface area contributed by atoms with E-state index in [1.165, 1.54) is 13.1 Å². The van der Waals surface area contributed by atoms with Crippen LogP contribution < -0.4 is 5.32 Å². The minimum Gasteiger partial charge on any atom is -0.358 e. The first-order chi connectivity index (χ1) is 9.22. The Kier molecular flexibility index (Phi) is 4.29. The van der Waals surface area contributed by atoms with Crippen LogP contribution in [0, 0.1) is 21.4 Å². The normalized spacial score (nSPS) is 12.3. The highest BCUT2D eigenvalue weighted by molar-refractivity contribution is 5.87. The summed E-state index contributed by atoms with van der Waals surface area (Å²) in [7, 11) is 1.21. The molecule has 0 saturated heterocycles. The second-order valence-corrected chi connectivity index (χ2v) is 3.70. The van der Waals surface area contributed by atoms with Crippen LogP contribution in [0.5, 0.6) is 0 Å². The van der Waals surface area contributed by atoms with Gasteiger partial charge in [-0.15, -0.1) is 0 Å². The van der Waals surface area contributed by atoms with Gasteiger partial charge in [0.05, 0.1) is 22.1 Å². The highest BCUT2D eigenvalue weighted by atomic mass is 19.4. The van der Waals surface area contributed by atoms with Crippen molar-refractivity contribution >= 4 is 11.6 Å². The molecular formula is C11H8F3N3O3. The molecule has 1 amide bonds. The Morgan fingerprint density at radius 3 is 2.50 bits per heavy atom. The molecule has 0 aliphatic carbocycles. The number of halogens is 3. The van der Waals surface area contributed by atoms with Crippen LogP contribution in [-0.4, -0.2) is 17.9 Å². The standard InChI is InChI=1S/C11H8F3N3O3/c1-16-10(18)8(5-15)7-3-2-6(11(12,13)14)4-9(7)17(19)20/h2-4,8H,1H3,(H,16,18). The topological polar surface area (TPSA) is 96.0 Å². The molecule has 106 valence electrons. The van der Waals surface area contributed by atoms with Crippen LogP contribution in [0.2, 0.25) is 0 Å². The van der Waals surface area contributed by atoms with Crippen molar-refractivity contribution in [1.82, 2.24) is 5.32 Å². The van der Waals surface area contributed by atoms with E-state index in [4.69, 9.17) is 5.26 Å². The van der Waals surface area contributed by atoms with E-state index in [0.717, 1.165) is 6.07 Å². The van der Waals surface area contributed by atoms with E-state index < -0.39 is 34.2 Å². The van der Waals surface area contributed by atoms with Gasteiger partial charge in [0.2, 0.25) is 5.91 Å². The van der Waals surface area contributed by atoms with Gasteiger partial charge in [-0.3, -0.25) is 14.9 Å². The van der Waals surface area contributed by atoms with E-state index in [1.54, 1.807) is 0 Å². The number of hydrogen-bond donors (Lipinski definition) is 1. The first kappa shape index (κ1) is 15.4. The van der Waals surface area contributed by atoms with Crippen molar-refractivity contribution in [3.63, 3.8) is 0 Å². The van der Waals surface area contributed by atoms with Gasteiger partial charge in [-0.2, -0.15) is 18.4 Å². The van der Waals surface area contributed by atoms with Crippen LogP contribution in [-0.2, 0) is 11.0 Å². The third kappa shape index (κ3) is 3.03. The van der Waals surface area contributed by atoms with Crippen molar-refractivity contribution in [3.8, 4) is 6.07 Å². The van der Waals surface area contributed by atoms with Gasteiger partial charge in [0, 0.05) is 13.1 Å². The number of alkyl halides is 3. The minimum absolute atomic E-state index is 0.308. The Hall–Kier alpha value is -2.63. The Morgan fingerprint density at radius 1 is 1.50 bits per heavy atom. The lowest BCUT2D eigenvalue weighted by atomic mass is 9.96. The van der Waals surface area contributed by atoms with Gasteiger partial charge in [0.15, 0.2) is 5.92 Å². The molecule has 1 unspecified atom stereocenters. The van der Waals surface area contributed by atoms with Gasteiger partial charge in [-0.05, 0) is 12.1 Å².